The van der Waals surface area contributed by atoms with Gasteiger partial charge >= 0.3 is 0 Å². The van der Waals surface area contributed by atoms with Gasteiger partial charge in [-0.25, -0.2) is 8.42 Å². The molecule has 1 aromatic rings. The van der Waals surface area contributed by atoms with Gasteiger partial charge in [-0.2, -0.15) is 4.31 Å². The van der Waals surface area contributed by atoms with Crippen molar-refractivity contribution < 1.29 is 13.2 Å². The standard InChI is InChI=1S/C21H30ClN2O3S.2CH2/c22-19-9-6-10-20(15-19)28(26,27)24-13-11-17(12-14-24)16-23-21(25)18-7-4-2-1-3-5-8-18;;/h6,9-10,15,17H,1-5,7-8,11-14,16H2,(H,23,25);2*1H2. The Labute approximate surface area is 188 Å². The molecule has 3 rings (SSSR count). The fraction of sp³-hybridized carbons (Fsp3) is 0.565. The summed E-state index contributed by atoms with van der Waals surface area (Å²) in [5, 5.41) is 3.52. The highest BCUT2D eigenvalue weighted by Gasteiger charge is 2.30. The monoisotopic (exact) mass is 453 g/mol. The van der Waals surface area contributed by atoms with E-state index in [4.69, 9.17) is 11.6 Å². The molecule has 167 valence electrons. The number of benzene rings is 1. The van der Waals surface area contributed by atoms with Crippen LogP contribution in [0.4, 0.5) is 0 Å². The average molecular weight is 454 g/mol. The summed E-state index contributed by atoms with van der Waals surface area (Å²) >= 11 is 5.94. The van der Waals surface area contributed by atoms with Gasteiger partial charge in [0.05, 0.1) is 10.8 Å². The minimum atomic E-state index is -3.51. The van der Waals surface area contributed by atoms with Crippen LogP contribution < -0.4 is 5.32 Å². The summed E-state index contributed by atoms with van der Waals surface area (Å²) < 4.78 is 27.1. The molecule has 30 heavy (non-hydrogen) atoms. The lowest BCUT2D eigenvalue weighted by Gasteiger charge is -2.31. The quantitative estimate of drug-likeness (QED) is 0.694. The first-order valence-electron chi connectivity index (χ1n) is 10.4. The van der Waals surface area contributed by atoms with Crippen LogP contribution in [0.2, 0.25) is 5.02 Å². The number of hydrogen-bond donors (Lipinski definition) is 1. The Morgan fingerprint density at radius 3 is 2.23 bits per heavy atom. The molecule has 7 heteroatoms. The van der Waals surface area contributed by atoms with Crippen LogP contribution in [0.25, 0.3) is 0 Å². The summed E-state index contributed by atoms with van der Waals surface area (Å²) in [5.74, 6) is 1.47. The van der Waals surface area contributed by atoms with Crippen molar-refractivity contribution in [3.05, 3.63) is 50.1 Å². The van der Waals surface area contributed by atoms with Crippen LogP contribution in [0.15, 0.2) is 29.2 Å². The van der Waals surface area contributed by atoms with Gasteiger partial charge in [0, 0.05) is 24.7 Å². The van der Waals surface area contributed by atoms with Gasteiger partial charge in [-0.15, -0.1) is 0 Å². The first kappa shape index (κ1) is 26.9. The number of nitrogens with one attached hydrogen (secondary N) is 1. The van der Waals surface area contributed by atoms with E-state index in [0.717, 1.165) is 44.4 Å². The zero-order chi connectivity index (χ0) is 20.0. The van der Waals surface area contributed by atoms with E-state index >= 15 is 0 Å². The van der Waals surface area contributed by atoms with Crippen molar-refractivity contribution in [1.29, 1.82) is 0 Å². The largest absolute Gasteiger partial charge is 0.355 e. The van der Waals surface area contributed by atoms with Crippen molar-refractivity contribution in [2.24, 2.45) is 5.92 Å². The second-order valence-electron chi connectivity index (χ2n) is 7.89. The average Bonchev–Trinajstić information content (AvgIpc) is 2.66. The lowest BCUT2D eigenvalue weighted by molar-refractivity contribution is -0.120. The highest BCUT2D eigenvalue weighted by Crippen LogP contribution is 2.26. The van der Waals surface area contributed by atoms with Gasteiger partial charge < -0.3 is 5.32 Å². The molecule has 2 aliphatic rings. The number of carbonyl (C=O) groups excluding carboxylic acids is 1. The number of piperidine rings is 1. The highest BCUT2D eigenvalue weighted by molar-refractivity contribution is 7.89. The number of amides is 1. The van der Waals surface area contributed by atoms with Crippen molar-refractivity contribution in [2.75, 3.05) is 19.6 Å². The third-order valence-corrected chi connectivity index (χ3v) is 7.97. The minimum absolute atomic E-state index is 0. The number of carbonyl (C=O) groups is 1. The number of nitrogens with zero attached hydrogens (tertiary/aromatic N) is 1. The molecule has 1 aliphatic carbocycles. The van der Waals surface area contributed by atoms with E-state index in [2.05, 4.69) is 5.32 Å². The Morgan fingerprint density at radius 1 is 1.03 bits per heavy atom. The van der Waals surface area contributed by atoms with Crippen LogP contribution in [-0.2, 0) is 14.8 Å². The molecule has 1 heterocycles. The first-order chi connectivity index (χ1) is 13.5. The van der Waals surface area contributed by atoms with Crippen molar-refractivity contribution in [1.82, 2.24) is 9.62 Å². The van der Waals surface area contributed by atoms with Crippen LogP contribution in [-0.4, -0.2) is 38.3 Å². The van der Waals surface area contributed by atoms with E-state index < -0.39 is 10.0 Å². The topological polar surface area (TPSA) is 66.5 Å². The van der Waals surface area contributed by atoms with Crippen LogP contribution in [0.3, 0.4) is 0 Å². The molecule has 1 aromatic carbocycles. The van der Waals surface area contributed by atoms with Gasteiger partial charge in [0.2, 0.25) is 15.9 Å². The summed E-state index contributed by atoms with van der Waals surface area (Å²) in [5.41, 5.74) is 0. The van der Waals surface area contributed by atoms with Crippen LogP contribution in [0, 0.1) is 26.7 Å². The van der Waals surface area contributed by atoms with Crippen LogP contribution in [0.5, 0.6) is 0 Å². The van der Waals surface area contributed by atoms with E-state index in [-0.39, 0.29) is 25.7 Å². The van der Waals surface area contributed by atoms with Crippen molar-refractivity contribution in [2.45, 2.75) is 62.7 Å². The summed E-state index contributed by atoms with van der Waals surface area (Å²) in [7, 11) is -3.51. The zero-order valence-corrected chi connectivity index (χ0v) is 19.3. The molecule has 5 radical (unpaired) electrons. The summed E-state index contributed by atoms with van der Waals surface area (Å²) in [4.78, 5) is 12.7. The first-order valence-corrected chi connectivity index (χ1v) is 12.2. The molecule has 5 nitrogen and oxygen atoms in total. The molecule has 2 fully saturated rings. The van der Waals surface area contributed by atoms with Gasteiger partial charge in [0.15, 0.2) is 0 Å². The molecule has 0 aromatic heterocycles. The Kier molecular flexibility index (Phi) is 11.4. The second-order valence-corrected chi connectivity index (χ2v) is 10.3. The minimum Gasteiger partial charge on any atom is -0.355 e. The number of sulfonamides is 1. The molecule has 1 aliphatic heterocycles. The number of rotatable bonds is 5. The van der Waals surface area contributed by atoms with E-state index in [9.17, 15) is 13.2 Å². The van der Waals surface area contributed by atoms with Gasteiger partial charge in [-0.05, 0) is 49.8 Å². The highest BCUT2D eigenvalue weighted by atomic mass is 35.5. The van der Waals surface area contributed by atoms with Gasteiger partial charge in [0.1, 0.15) is 0 Å². The zero-order valence-electron chi connectivity index (χ0n) is 17.7. The maximum absolute atomic E-state index is 12.8. The fourth-order valence-electron chi connectivity index (χ4n) is 4.05. The summed E-state index contributed by atoms with van der Waals surface area (Å²) in [6, 6.07) is 6.41. The molecule has 0 spiro atoms. The van der Waals surface area contributed by atoms with Crippen molar-refractivity contribution >= 4 is 27.5 Å². The van der Waals surface area contributed by atoms with E-state index in [1.54, 1.807) is 18.2 Å². The Bertz CT molecular complexity index is 753. The lowest BCUT2D eigenvalue weighted by atomic mass is 9.90. The van der Waals surface area contributed by atoms with Crippen LogP contribution in [0.1, 0.15) is 57.8 Å². The molecule has 1 amide bonds. The van der Waals surface area contributed by atoms with Crippen molar-refractivity contribution in [3.63, 3.8) is 0 Å². The van der Waals surface area contributed by atoms with Crippen molar-refractivity contribution in [3.8, 4) is 0 Å². The van der Waals surface area contributed by atoms with E-state index in [1.165, 1.54) is 29.6 Å². The summed E-state index contributed by atoms with van der Waals surface area (Å²) in [6.45, 7) is 1.59. The molecule has 1 N–H and O–H groups in total. The molecule has 1 saturated heterocycles. The second kappa shape index (κ2) is 12.7. The molecule has 1 saturated carbocycles. The molecular formula is C23H34ClN2O3S. The maximum atomic E-state index is 12.8. The normalized spacial score (nSPS) is 19.6. The smallest absolute Gasteiger partial charge is 0.243 e. The van der Waals surface area contributed by atoms with Gasteiger partial charge in [0.25, 0.3) is 0 Å². The maximum Gasteiger partial charge on any atom is 0.243 e. The predicted octanol–water partition coefficient (Wildman–Crippen LogP) is 4.83. The fourth-order valence-corrected chi connectivity index (χ4v) is 5.82. The number of halogens is 1. The van der Waals surface area contributed by atoms with Crippen LogP contribution >= 0.6 is 11.6 Å². The number of hydrogen-bond acceptors (Lipinski definition) is 3. The third-order valence-electron chi connectivity index (χ3n) is 5.84. The van der Waals surface area contributed by atoms with Gasteiger partial charge in [-0.1, -0.05) is 64.6 Å². The molecule has 0 unspecified atom stereocenters. The lowest BCUT2D eigenvalue weighted by Crippen LogP contribution is -2.42. The molecule has 0 atom stereocenters. The Morgan fingerprint density at radius 2 is 1.63 bits per heavy atom. The predicted molar refractivity (Wildman–Crippen MR) is 122 cm³/mol. The van der Waals surface area contributed by atoms with E-state index in [1.807, 2.05) is 0 Å². The third kappa shape index (κ3) is 7.24. The molecular weight excluding hydrogens is 420 g/mol. The molecule has 0 bridgehead atoms. The Hall–Kier alpha value is -1.11. The summed E-state index contributed by atoms with van der Waals surface area (Å²) in [6.07, 6.45) is 9.30. The Balaban J connectivity index is 0.00000225. The van der Waals surface area contributed by atoms with E-state index in [0.29, 0.717) is 30.6 Å². The SMILES string of the molecule is O=C(NCC1CCN(S(=O)(=O)c2cccc(Cl)c2)CC1)[C]1CCCCCCC1.[CH2].[CH2]. The van der Waals surface area contributed by atoms with Gasteiger partial charge in [-0.3, -0.25) is 4.79 Å².